The van der Waals surface area contributed by atoms with Crippen LogP contribution in [0.4, 0.5) is 0 Å². The van der Waals surface area contributed by atoms with E-state index in [1.165, 1.54) is 5.56 Å². The van der Waals surface area contributed by atoms with E-state index in [0.717, 1.165) is 11.0 Å². The molecule has 0 amide bonds. The number of rotatable bonds is 2. The highest BCUT2D eigenvalue weighted by molar-refractivity contribution is 6.63. The Kier molecular flexibility index (Phi) is 3.43. The molecule has 0 radical (unpaired) electrons. The second kappa shape index (κ2) is 5.01. The summed E-state index contributed by atoms with van der Waals surface area (Å²) in [5, 5.41) is 0. The molecule has 108 valence electrons. The molecule has 1 fully saturated rings. The van der Waals surface area contributed by atoms with Crippen LogP contribution >= 0.6 is 0 Å². The molecule has 3 heteroatoms. The van der Waals surface area contributed by atoms with Gasteiger partial charge in [0, 0.05) is 0 Å². The van der Waals surface area contributed by atoms with Gasteiger partial charge in [0.1, 0.15) is 0 Å². The number of benzene rings is 2. The van der Waals surface area contributed by atoms with E-state index >= 15 is 0 Å². The summed E-state index contributed by atoms with van der Waals surface area (Å²) in [5.74, 6) is 0. The highest BCUT2D eigenvalue weighted by Gasteiger charge is 2.52. The minimum absolute atomic E-state index is 0.318. The van der Waals surface area contributed by atoms with Crippen molar-refractivity contribution in [3.05, 3.63) is 54.6 Å². The van der Waals surface area contributed by atoms with Gasteiger partial charge in [-0.3, -0.25) is 0 Å². The van der Waals surface area contributed by atoms with E-state index in [4.69, 9.17) is 9.31 Å². The van der Waals surface area contributed by atoms with Crippen molar-refractivity contribution in [3.8, 4) is 11.1 Å². The SMILES string of the molecule is CC1(C)OB(c2ccccc2-c2ccccc2)OC1(C)C. The van der Waals surface area contributed by atoms with Crippen molar-refractivity contribution in [2.75, 3.05) is 0 Å². The number of hydrogen-bond donors (Lipinski definition) is 0. The molecular formula is C18H21BO2. The maximum absolute atomic E-state index is 6.19. The summed E-state index contributed by atoms with van der Waals surface area (Å²) in [5.41, 5.74) is 2.80. The van der Waals surface area contributed by atoms with Crippen molar-refractivity contribution < 1.29 is 9.31 Å². The fraction of sp³-hybridized carbons (Fsp3) is 0.333. The van der Waals surface area contributed by atoms with Gasteiger partial charge in [0.05, 0.1) is 11.2 Å². The molecule has 0 spiro atoms. The van der Waals surface area contributed by atoms with E-state index < -0.39 is 0 Å². The van der Waals surface area contributed by atoms with Crippen LogP contribution in [0.15, 0.2) is 54.6 Å². The molecule has 1 saturated heterocycles. The summed E-state index contributed by atoms with van der Waals surface area (Å²) in [6.45, 7) is 8.33. The normalized spacial score (nSPS) is 19.7. The van der Waals surface area contributed by atoms with Crippen LogP contribution in [0.3, 0.4) is 0 Å². The third kappa shape index (κ3) is 2.52. The van der Waals surface area contributed by atoms with E-state index in [-0.39, 0.29) is 18.3 Å². The molecule has 2 nitrogen and oxygen atoms in total. The standard InChI is InChI=1S/C18H21BO2/c1-17(2)18(3,4)21-19(20-17)16-13-9-8-12-15(16)14-10-6-5-7-11-14/h5-13H,1-4H3. The van der Waals surface area contributed by atoms with E-state index in [1.54, 1.807) is 0 Å². The largest absolute Gasteiger partial charge is 0.495 e. The molecule has 1 aliphatic heterocycles. The van der Waals surface area contributed by atoms with Crippen LogP contribution in [-0.4, -0.2) is 18.3 Å². The van der Waals surface area contributed by atoms with Gasteiger partial charge in [-0.25, -0.2) is 0 Å². The maximum atomic E-state index is 6.19. The van der Waals surface area contributed by atoms with Gasteiger partial charge >= 0.3 is 7.12 Å². The smallest absolute Gasteiger partial charge is 0.399 e. The monoisotopic (exact) mass is 280 g/mol. The molecular weight excluding hydrogens is 259 g/mol. The van der Waals surface area contributed by atoms with Crippen LogP contribution in [0.5, 0.6) is 0 Å². The highest BCUT2D eigenvalue weighted by Crippen LogP contribution is 2.37. The molecule has 1 heterocycles. The molecule has 0 N–H and O–H groups in total. The third-order valence-corrected chi connectivity index (χ3v) is 4.55. The lowest BCUT2D eigenvalue weighted by atomic mass is 9.74. The second-order valence-corrected chi connectivity index (χ2v) is 6.54. The van der Waals surface area contributed by atoms with Crippen LogP contribution in [-0.2, 0) is 9.31 Å². The molecule has 0 aliphatic carbocycles. The molecule has 0 bridgehead atoms. The number of hydrogen-bond acceptors (Lipinski definition) is 2. The Labute approximate surface area is 127 Å². The van der Waals surface area contributed by atoms with Gasteiger partial charge in [0.2, 0.25) is 0 Å². The summed E-state index contributed by atoms with van der Waals surface area (Å²) in [4.78, 5) is 0. The van der Waals surface area contributed by atoms with Gasteiger partial charge in [-0.1, -0.05) is 54.6 Å². The van der Waals surface area contributed by atoms with Gasteiger partial charge in [-0.05, 0) is 44.3 Å². The van der Waals surface area contributed by atoms with Crippen LogP contribution in [0.2, 0.25) is 0 Å². The van der Waals surface area contributed by atoms with Gasteiger partial charge in [-0.15, -0.1) is 0 Å². The molecule has 0 unspecified atom stereocenters. The minimum Gasteiger partial charge on any atom is -0.399 e. The van der Waals surface area contributed by atoms with E-state index in [0.29, 0.717) is 0 Å². The highest BCUT2D eigenvalue weighted by atomic mass is 16.7. The van der Waals surface area contributed by atoms with Crippen molar-refractivity contribution in [1.82, 2.24) is 0 Å². The van der Waals surface area contributed by atoms with Crippen molar-refractivity contribution in [2.45, 2.75) is 38.9 Å². The van der Waals surface area contributed by atoms with E-state index in [2.05, 4.69) is 70.2 Å². The second-order valence-electron chi connectivity index (χ2n) is 6.54. The average molecular weight is 280 g/mol. The first-order valence-corrected chi connectivity index (χ1v) is 7.41. The topological polar surface area (TPSA) is 18.5 Å². The molecule has 0 aromatic heterocycles. The minimum atomic E-state index is -0.327. The Hall–Kier alpha value is -1.58. The van der Waals surface area contributed by atoms with Crippen molar-refractivity contribution in [2.24, 2.45) is 0 Å². The molecule has 2 aromatic carbocycles. The van der Waals surface area contributed by atoms with Crippen LogP contribution < -0.4 is 5.46 Å². The summed E-state index contributed by atoms with van der Waals surface area (Å²) < 4.78 is 12.4. The van der Waals surface area contributed by atoms with Crippen molar-refractivity contribution in [3.63, 3.8) is 0 Å². The van der Waals surface area contributed by atoms with Crippen molar-refractivity contribution >= 4 is 12.6 Å². The Morgan fingerprint density at radius 2 is 1.24 bits per heavy atom. The van der Waals surface area contributed by atoms with Crippen molar-refractivity contribution in [1.29, 1.82) is 0 Å². The summed E-state index contributed by atoms with van der Waals surface area (Å²) in [6.07, 6.45) is 0. The third-order valence-electron chi connectivity index (χ3n) is 4.55. The first kappa shape index (κ1) is 14.4. The fourth-order valence-corrected chi connectivity index (χ4v) is 2.55. The first-order chi connectivity index (χ1) is 9.91. The molecule has 0 saturated carbocycles. The maximum Gasteiger partial charge on any atom is 0.495 e. The summed E-state index contributed by atoms with van der Waals surface area (Å²) >= 11 is 0. The Morgan fingerprint density at radius 1 is 0.714 bits per heavy atom. The zero-order valence-electron chi connectivity index (χ0n) is 13.1. The predicted molar refractivity (Wildman–Crippen MR) is 87.6 cm³/mol. The summed E-state index contributed by atoms with van der Waals surface area (Å²) in [7, 11) is -0.327. The molecule has 21 heavy (non-hydrogen) atoms. The van der Waals surface area contributed by atoms with Gasteiger partial charge in [-0.2, -0.15) is 0 Å². The molecule has 1 aliphatic rings. The molecule has 2 aromatic rings. The Bertz CT molecular complexity index is 619. The average Bonchev–Trinajstić information content (AvgIpc) is 2.68. The lowest BCUT2D eigenvalue weighted by Gasteiger charge is -2.32. The summed E-state index contributed by atoms with van der Waals surface area (Å²) in [6, 6.07) is 18.7. The van der Waals surface area contributed by atoms with E-state index in [9.17, 15) is 0 Å². The van der Waals surface area contributed by atoms with E-state index in [1.807, 2.05) is 12.1 Å². The predicted octanol–water partition coefficient (Wildman–Crippen LogP) is 3.65. The lowest BCUT2D eigenvalue weighted by Crippen LogP contribution is -2.41. The van der Waals surface area contributed by atoms with Gasteiger partial charge in [0.15, 0.2) is 0 Å². The lowest BCUT2D eigenvalue weighted by molar-refractivity contribution is 0.00578. The van der Waals surface area contributed by atoms with Crippen LogP contribution in [0, 0.1) is 0 Å². The quantitative estimate of drug-likeness (QED) is 0.782. The van der Waals surface area contributed by atoms with Gasteiger partial charge in [0.25, 0.3) is 0 Å². The van der Waals surface area contributed by atoms with Gasteiger partial charge < -0.3 is 9.31 Å². The first-order valence-electron chi connectivity index (χ1n) is 7.41. The van der Waals surface area contributed by atoms with Crippen LogP contribution in [0.1, 0.15) is 27.7 Å². The zero-order chi connectivity index (χ0) is 15.1. The molecule has 3 rings (SSSR count). The Morgan fingerprint density at radius 3 is 1.86 bits per heavy atom. The van der Waals surface area contributed by atoms with Crippen LogP contribution in [0.25, 0.3) is 11.1 Å². The molecule has 0 atom stereocenters. The fourth-order valence-electron chi connectivity index (χ4n) is 2.55. The Balaban J connectivity index is 2.02. The zero-order valence-corrected chi connectivity index (χ0v) is 13.1.